The number of hydrogen-bond donors (Lipinski definition) is 1. The van der Waals surface area contributed by atoms with Crippen molar-refractivity contribution in [2.24, 2.45) is 13.0 Å². The first-order valence-corrected chi connectivity index (χ1v) is 7.18. The van der Waals surface area contributed by atoms with Gasteiger partial charge in [0.15, 0.2) is 10.4 Å². The first kappa shape index (κ1) is 12.0. The SMILES string of the molecule is CCc1nn(C)c2c1[nH]c(=S)n2C1CCC(C)C1. The van der Waals surface area contributed by atoms with Gasteiger partial charge >= 0.3 is 0 Å². The molecular weight excluding hydrogens is 244 g/mol. The van der Waals surface area contributed by atoms with Gasteiger partial charge in [-0.05, 0) is 43.8 Å². The summed E-state index contributed by atoms with van der Waals surface area (Å²) >= 11 is 5.52. The quantitative estimate of drug-likeness (QED) is 0.845. The Kier molecular flexibility index (Phi) is 2.81. The van der Waals surface area contributed by atoms with Crippen molar-refractivity contribution in [1.82, 2.24) is 19.3 Å². The van der Waals surface area contributed by atoms with E-state index in [1.165, 1.54) is 19.3 Å². The van der Waals surface area contributed by atoms with Gasteiger partial charge in [-0.25, -0.2) is 0 Å². The maximum Gasteiger partial charge on any atom is 0.179 e. The summed E-state index contributed by atoms with van der Waals surface area (Å²) in [6.45, 7) is 4.46. The molecule has 1 N–H and O–H groups in total. The fourth-order valence-corrected chi connectivity index (χ4v) is 3.57. The summed E-state index contributed by atoms with van der Waals surface area (Å²) in [5, 5.41) is 4.58. The van der Waals surface area contributed by atoms with E-state index in [4.69, 9.17) is 12.2 Å². The molecule has 1 saturated carbocycles. The number of nitrogens with one attached hydrogen (secondary N) is 1. The van der Waals surface area contributed by atoms with E-state index in [-0.39, 0.29) is 0 Å². The number of aryl methyl sites for hydroxylation is 2. The number of aromatic nitrogens is 4. The Hall–Kier alpha value is -1.10. The standard InChI is InChI=1S/C13H20N4S/c1-4-10-11-12(16(3)15-10)17(13(18)14-11)9-6-5-8(2)7-9/h8-9H,4-7H2,1-3H3,(H,14,18). The molecule has 0 spiro atoms. The van der Waals surface area contributed by atoms with Crippen molar-refractivity contribution in [3.05, 3.63) is 10.5 Å². The second-order valence-electron chi connectivity index (χ2n) is 5.49. The van der Waals surface area contributed by atoms with Crippen molar-refractivity contribution in [2.75, 3.05) is 0 Å². The molecule has 0 saturated heterocycles. The van der Waals surface area contributed by atoms with Gasteiger partial charge < -0.3 is 4.98 Å². The van der Waals surface area contributed by atoms with Crippen molar-refractivity contribution in [3.8, 4) is 0 Å². The van der Waals surface area contributed by atoms with E-state index in [1.807, 2.05) is 11.7 Å². The van der Waals surface area contributed by atoms with Gasteiger partial charge in [0.05, 0.1) is 5.69 Å². The molecule has 0 amide bonds. The molecule has 18 heavy (non-hydrogen) atoms. The summed E-state index contributed by atoms with van der Waals surface area (Å²) < 4.78 is 5.12. The number of fused-ring (bicyclic) bond motifs is 1. The predicted molar refractivity (Wildman–Crippen MR) is 75.3 cm³/mol. The number of rotatable bonds is 2. The summed E-state index contributed by atoms with van der Waals surface area (Å²) in [6.07, 6.45) is 4.70. The summed E-state index contributed by atoms with van der Waals surface area (Å²) in [7, 11) is 2.01. The van der Waals surface area contributed by atoms with E-state index < -0.39 is 0 Å². The molecule has 3 rings (SSSR count). The minimum atomic E-state index is 0.543. The molecule has 0 aliphatic heterocycles. The van der Waals surface area contributed by atoms with Crippen LogP contribution in [0.5, 0.6) is 0 Å². The van der Waals surface area contributed by atoms with E-state index >= 15 is 0 Å². The molecule has 0 aromatic carbocycles. The Balaban J connectivity index is 2.19. The lowest BCUT2D eigenvalue weighted by atomic mass is 10.1. The third-order valence-corrected chi connectivity index (χ3v) is 4.43. The Morgan fingerprint density at radius 3 is 2.83 bits per heavy atom. The van der Waals surface area contributed by atoms with Crippen LogP contribution in [0.1, 0.15) is 44.8 Å². The average molecular weight is 264 g/mol. The van der Waals surface area contributed by atoms with Gasteiger partial charge in [-0.15, -0.1) is 0 Å². The largest absolute Gasteiger partial charge is 0.328 e. The van der Waals surface area contributed by atoms with Crippen LogP contribution in [0.3, 0.4) is 0 Å². The molecule has 1 fully saturated rings. The molecule has 2 atom stereocenters. The normalized spacial score (nSPS) is 24.2. The van der Waals surface area contributed by atoms with Crippen LogP contribution in [0.15, 0.2) is 0 Å². The third-order valence-electron chi connectivity index (χ3n) is 4.14. The minimum absolute atomic E-state index is 0.543. The highest BCUT2D eigenvalue weighted by Gasteiger charge is 2.26. The highest BCUT2D eigenvalue weighted by molar-refractivity contribution is 7.71. The van der Waals surface area contributed by atoms with Crippen molar-refractivity contribution < 1.29 is 0 Å². The van der Waals surface area contributed by atoms with Gasteiger partial charge in [-0.3, -0.25) is 9.25 Å². The van der Waals surface area contributed by atoms with Gasteiger partial charge in [0, 0.05) is 13.1 Å². The second kappa shape index (κ2) is 4.23. The second-order valence-corrected chi connectivity index (χ2v) is 5.88. The van der Waals surface area contributed by atoms with Crippen molar-refractivity contribution in [3.63, 3.8) is 0 Å². The minimum Gasteiger partial charge on any atom is -0.328 e. The number of aromatic amines is 1. The molecule has 2 aromatic heterocycles. The molecule has 5 heteroatoms. The van der Waals surface area contributed by atoms with Crippen LogP contribution >= 0.6 is 12.2 Å². The zero-order chi connectivity index (χ0) is 12.9. The Morgan fingerprint density at radius 1 is 1.44 bits per heavy atom. The van der Waals surface area contributed by atoms with Gasteiger partial charge in [0.25, 0.3) is 0 Å². The molecule has 2 heterocycles. The molecule has 98 valence electrons. The molecule has 2 aromatic rings. The van der Waals surface area contributed by atoms with E-state index in [0.717, 1.165) is 34.0 Å². The number of nitrogens with zero attached hydrogens (tertiary/aromatic N) is 3. The fourth-order valence-electron chi connectivity index (χ4n) is 3.23. The van der Waals surface area contributed by atoms with Crippen LogP contribution < -0.4 is 0 Å². The first-order chi connectivity index (χ1) is 8.61. The Bertz CT molecular complexity index is 633. The van der Waals surface area contributed by atoms with Gasteiger partial charge in [0.1, 0.15) is 5.52 Å². The molecule has 0 bridgehead atoms. The van der Waals surface area contributed by atoms with Crippen molar-refractivity contribution in [1.29, 1.82) is 0 Å². The van der Waals surface area contributed by atoms with Crippen molar-refractivity contribution >= 4 is 23.4 Å². The first-order valence-electron chi connectivity index (χ1n) is 6.77. The molecule has 1 aliphatic rings. The maximum atomic E-state index is 5.52. The Labute approximate surface area is 112 Å². The van der Waals surface area contributed by atoms with Crippen LogP contribution in [0.4, 0.5) is 0 Å². The fraction of sp³-hybridized carbons (Fsp3) is 0.692. The van der Waals surface area contributed by atoms with Crippen molar-refractivity contribution in [2.45, 2.75) is 45.6 Å². The smallest absolute Gasteiger partial charge is 0.179 e. The van der Waals surface area contributed by atoms with Gasteiger partial charge in [0.2, 0.25) is 0 Å². The zero-order valence-corrected chi connectivity index (χ0v) is 12.0. The van der Waals surface area contributed by atoms with Crippen LogP contribution in [0.25, 0.3) is 11.2 Å². The van der Waals surface area contributed by atoms with Crippen LogP contribution in [0, 0.1) is 10.7 Å². The van der Waals surface area contributed by atoms with E-state index in [9.17, 15) is 0 Å². The summed E-state index contributed by atoms with van der Waals surface area (Å²) in [4.78, 5) is 3.35. The summed E-state index contributed by atoms with van der Waals surface area (Å²) in [6, 6.07) is 0.543. The summed E-state index contributed by atoms with van der Waals surface area (Å²) in [5.41, 5.74) is 3.41. The molecular formula is C13H20N4S. The Morgan fingerprint density at radius 2 is 2.22 bits per heavy atom. The highest BCUT2D eigenvalue weighted by Crippen LogP contribution is 2.36. The topological polar surface area (TPSA) is 38.5 Å². The maximum absolute atomic E-state index is 5.52. The van der Waals surface area contributed by atoms with Gasteiger partial charge in [-0.2, -0.15) is 5.10 Å². The van der Waals surface area contributed by atoms with Crippen LogP contribution in [0.2, 0.25) is 0 Å². The highest BCUT2D eigenvalue weighted by atomic mass is 32.1. The number of imidazole rings is 1. The lowest BCUT2D eigenvalue weighted by molar-refractivity contribution is 0.491. The molecule has 1 aliphatic carbocycles. The van der Waals surface area contributed by atoms with Crippen LogP contribution in [-0.4, -0.2) is 19.3 Å². The lowest BCUT2D eigenvalue weighted by Crippen LogP contribution is -2.08. The average Bonchev–Trinajstić information content (AvgIpc) is 2.96. The predicted octanol–water partition coefficient (Wildman–Crippen LogP) is 3.36. The zero-order valence-electron chi connectivity index (χ0n) is 11.2. The van der Waals surface area contributed by atoms with Gasteiger partial charge in [-0.1, -0.05) is 13.8 Å². The monoisotopic (exact) mass is 264 g/mol. The van der Waals surface area contributed by atoms with E-state index in [2.05, 4.69) is 28.5 Å². The number of H-pyrrole nitrogens is 1. The third kappa shape index (κ3) is 1.64. The summed E-state index contributed by atoms with van der Waals surface area (Å²) in [5.74, 6) is 0.806. The molecule has 2 unspecified atom stereocenters. The van der Waals surface area contributed by atoms with E-state index in [1.54, 1.807) is 0 Å². The molecule has 0 radical (unpaired) electrons. The van der Waals surface area contributed by atoms with Crippen LogP contribution in [-0.2, 0) is 13.5 Å². The molecule has 4 nitrogen and oxygen atoms in total. The number of hydrogen-bond acceptors (Lipinski definition) is 2. The lowest BCUT2D eigenvalue weighted by Gasteiger charge is -2.12. The van der Waals surface area contributed by atoms with E-state index in [0.29, 0.717) is 6.04 Å².